The monoisotopic (exact) mass is 410 g/mol. The normalized spacial score (nSPS) is 29.1. The van der Waals surface area contributed by atoms with Crippen LogP contribution in [0, 0.1) is 17.8 Å². The van der Waals surface area contributed by atoms with E-state index in [2.05, 4.69) is 5.32 Å². The van der Waals surface area contributed by atoms with Gasteiger partial charge in [-0.05, 0) is 61.6 Å². The maximum atomic E-state index is 12.7. The average molecular weight is 411 g/mol. The summed E-state index contributed by atoms with van der Waals surface area (Å²) in [6.45, 7) is 0.829. The van der Waals surface area contributed by atoms with Crippen molar-refractivity contribution in [2.75, 3.05) is 13.1 Å². The minimum Gasteiger partial charge on any atom is -0.353 e. The Balaban J connectivity index is 1.29. The van der Waals surface area contributed by atoms with Gasteiger partial charge in [0.1, 0.15) is 0 Å². The van der Waals surface area contributed by atoms with Crippen LogP contribution in [-0.2, 0) is 20.6 Å². The van der Waals surface area contributed by atoms with Crippen LogP contribution in [0.25, 0.3) is 0 Å². The molecule has 2 saturated carbocycles. The second-order valence-electron chi connectivity index (χ2n) is 8.35. The summed E-state index contributed by atoms with van der Waals surface area (Å²) in [5, 5.41) is 3.80. The molecule has 1 aromatic rings. The Morgan fingerprint density at radius 3 is 2.56 bits per heavy atom. The van der Waals surface area contributed by atoms with Crippen LogP contribution in [0.1, 0.15) is 44.1 Å². The molecule has 3 atom stereocenters. The van der Waals surface area contributed by atoms with Crippen molar-refractivity contribution in [1.29, 1.82) is 0 Å². The van der Waals surface area contributed by atoms with E-state index in [1.807, 2.05) is 0 Å². The number of carbonyl (C=O) groups excluding carboxylic acids is 1. The molecule has 1 amide bonds. The summed E-state index contributed by atoms with van der Waals surface area (Å²) >= 11 is 5.95. The van der Waals surface area contributed by atoms with Gasteiger partial charge in [0.05, 0.1) is 5.75 Å². The number of rotatable bonds is 5. The molecule has 0 radical (unpaired) electrons. The smallest absolute Gasteiger partial charge is 0.223 e. The van der Waals surface area contributed by atoms with Crippen LogP contribution < -0.4 is 5.32 Å². The van der Waals surface area contributed by atoms with E-state index in [1.165, 1.54) is 23.6 Å². The van der Waals surface area contributed by atoms with Crippen LogP contribution in [-0.4, -0.2) is 37.8 Å². The van der Waals surface area contributed by atoms with Crippen LogP contribution in [0.3, 0.4) is 0 Å². The lowest BCUT2D eigenvalue weighted by molar-refractivity contribution is -0.127. The summed E-state index contributed by atoms with van der Waals surface area (Å²) in [4.78, 5) is 12.6. The van der Waals surface area contributed by atoms with Crippen LogP contribution in [0.4, 0.5) is 0 Å². The number of amides is 1. The highest BCUT2D eigenvalue weighted by Crippen LogP contribution is 2.44. The van der Waals surface area contributed by atoms with Crippen molar-refractivity contribution in [3.63, 3.8) is 0 Å². The maximum absolute atomic E-state index is 12.7. The van der Waals surface area contributed by atoms with Crippen molar-refractivity contribution in [1.82, 2.24) is 9.62 Å². The zero-order valence-electron chi connectivity index (χ0n) is 15.4. The fraction of sp³-hybridized carbons (Fsp3) is 0.650. The first kappa shape index (κ1) is 19.2. The van der Waals surface area contributed by atoms with Gasteiger partial charge in [0.25, 0.3) is 0 Å². The second-order valence-corrected chi connectivity index (χ2v) is 10.8. The number of piperidine rings is 1. The first-order valence-electron chi connectivity index (χ1n) is 9.93. The Morgan fingerprint density at radius 2 is 1.93 bits per heavy atom. The molecule has 0 aromatic heterocycles. The molecular formula is C20H27ClN2O3S. The highest BCUT2D eigenvalue weighted by atomic mass is 35.5. The van der Waals surface area contributed by atoms with Gasteiger partial charge < -0.3 is 5.32 Å². The van der Waals surface area contributed by atoms with Crippen molar-refractivity contribution < 1.29 is 13.2 Å². The van der Waals surface area contributed by atoms with E-state index in [-0.39, 0.29) is 17.6 Å². The molecule has 1 aliphatic heterocycles. The van der Waals surface area contributed by atoms with Crippen LogP contribution >= 0.6 is 11.6 Å². The molecule has 4 rings (SSSR count). The predicted octanol–water partition coefficient (Wildman–Crippen LogP) is 3.19. The molecule has 1 aromatic carbocycles. The minimum atomic E-state index is -3.39. The first-order valence-corrected chi connectivity index (χ1v) is 11.9. The van der Waals surface area contributed by atoms with E-state index in [1.54, 1.807) is 24.3 Å². The van der Waals surface area contributed by atoms with Gasteiger partial charge in [-0.3, -0.25) is 4.79 Å². The largest absolute Gasteiger partial charge is 0.353 e. The van der Waals surface area contributed by atoms with Gasteiger partial charge in [0, 0.05) is 30.1 Å². The number of halogens is 1. The van der Waals surface area contributed by atoms with Crippen LogP contribution in [0.15, 0.2) is 24.3 Å². The third-order valence-corrected chi connectivity index (χ3v) is 8.61. The lowest BCUT2D eigenvalue weighted by Crippen LogP contribution is -2.46. The van der Waals surface area contributed by atoms with E-state index in [9.17, 15) is 13.2 Å². The van der Waals surface area contributed by atoms with Crippen molar-refractivity contribution in [2.24, 2.45) is 17.8 Å². The van der Waals surface area contributed by atoms with Crippen molar-refractivity contribution in [3.05, 3.63) is 34.9 Å². The fourth-order valence-corrected chi connectivity index (χ4v) is 6.81. The van der Waals surface area contributed by atoms with Gasteiger partial charge in [-0.15, -0.1) is 0 Å². The second kappa shape index (κ2) is 7.72. The van der Waals surface area contributed by atoms with Gasteiger partial charge in [0.15, 0.2) is 0 Å². The van der Waals surface area contributed by atoms with Gasteiger partial charge >= 0.3 is 0 Å². The Bertz CT molecular complexity index is 805. The molecule has 7 heteroatoms. The maximum Gasteiger partial charge on any atom is 0.223 e. The van der Waals surface area contributed by atoms with Gasteiger partial charge in [-0.1, -0.05) is 30.2 Å². The number of carbonyl (C=O) groups is 1. The van der Waals surface area contributed by atoms with Crippen molar-refractivity contribution in [3.8, 4) is 0 Å². The third kappa shape index (κ3) is 4.33. The molecule has 0 unspecified atom stereocenters. The Morgan fingerprint density at radius 1 is 1.15 bits per heavy atom. The third-order valence-electron chi connectivity index (χ3n) is 6.52. The zero-order valence-corrected chi connectivity index (χ0v) is 17.0. The number of benzene rings is 1. The molecule has 27 heavy (non-hydrogen) atoms. The Labute approximate surface area is 166 Å². The number of nitrogens with zero attached hydrogens (tertiary/aromatic N) is 1. The summed E-state index contributed by atoms with van der Waals surface area (Å²) in [6.07, 6.45) is 6.16. The summed E-state index contributed by atoms with van der Waals surface area (Å²) in [5.41, 5.74) is 0.693. The van der Waals surface area contributed by atoms with E-state index in [4.69, 9.17) is 11.6 Å². The standard InChI is InChI=1S/C20H27ClN2O3S/c21-18-3-1-2-15(11-18)13-27(25,26)23-8-6-16(7-9-23)20(24)22-19-12-14-4-5-17(19)10-14/h1-3,11,14,16-17,19H,4-10,12-13H2,(H,22,24)/t14-,17+,19+/m0/s1. The quantitative estimate of drug-likeness (QED) is 0.810. The number of sulfonamides is 1. The van der Waals surface area contributed by atoms with E-state index >= 15 is 0 Å². The molecule has 2 aliphatic carbocycles. The molecule has 3 fully saturated rings. The molecule has 2 bridgehead atoms. The summed E-state index contributed by atoms with van der Waals surface area (Å²) in [7, 11) is -3.39. The number of hydrogen-bond acceptors (Lipinski definition) is 3. The molecule has 3 aliphatic rings. The van der Waals surface area contributed by atoms with E-state index < -0.39 is 10.0 Å². The van der Waals surface area contributed by atoms with E-state index in [0.29, 0.717) is 48.5 Å². The van der Waals surface area contributed by atoms with Gasteiger partial charge in [0.2, 0.25) is 15.9 Å². The predicted molar refractivity (Wildman–Crippen MR) is 106 cm³/mol. The van der Waals surface area contributed by atoms with Gasteiger partial charge in [-0.2, -0.15) is 0 Å². The first-order chi connectivity index (χ1) is 12.9. The lowest BCUT2D eigenvalue weighted by atomic mass is 9.93. The minimum absolute atomic E-state index is 0.0461. The number of hydrogen-bond donors (Lipinski definition) is 1. The average Bonchev–Trinajstić information content (AvgIpc) is 3.24. The SMILES string of the molecule is O=C(N[C@@H]1C[C@H]2CC[C@@H]1C2)C1CCN(S(=O)(=O)Cc2cccc(Cl)c2)CC1. The molecule has 1 saturated heterocycles. The van der Waals surface area contributed by atoms with Crippen molar-refractivity contribution in [2.45, 2.75) is 50.3 Å². The van der Waals surface area contributed by atoms with E-state index in [0.717, 1.165) is 12.3 Å². The van der Waals surface area contributed by atoms with Crippen LogP contribution in [0.2, 0.25) is 5.02 Å². The molecule has 1 heterocycles. The van der Waals surface area contributed by atoms with Crippen molar-refractivity contribution >= 4 is 27.5 Å². The van der Waals surface area contributed by atoms with Gasteiger partial charge in [-0.25, -0.2) is 12.7 Å². The Hall–Kier alpha value is -1.11. The summed E-state index contributed by atoms with van der Waals surface area (Å²) in [5.74, 6) is 1.48. The lowest BCUT2D eigenvalue weighted by Gasteiger charge is -2.32. The van der Waals surface area contributed by atoms with Crippen LogP contribution in [0.5, 0.6) is 0 Å². The molecule has 1 N–H and O–H groups in total. The summed E-state index contributed by atoms with van der Waals surface area (Å²) < 4.78 is 26.9. The fourth-order valence-electron chi connectivity index (χ4n) is 5.05. The number of fused-ring (bicyclic) bond motifs is 2. The highest BCUT2D eigenvalue weighted by molar-refractivity contribution is 7.88. The topological polar surface area (TPSA) is 66.5 Å². The zero-order chi connectivity index (χ0) is 19.0. The molecule has 5 nitrogen and oxygen atoms in total. The molecule has 0 spiro atoms. The molecular weight excluding hydrogens is 384 g/mol. The molecule has 148 valence electrons. The number of nitrogens with one attached hydrogen (secondary N) is 1. The highest BCUT2D eigenvalue weighted by Gasteiger charge is 2.41. The summed E-state index contributed by atoms with van der Waals surface area (Å²) in [6, 6.07) is 7.31. The Kier molecular flexibility index (Phi) is 5.50.